The molecule has 1 aliphatic rings. The number of alkyl halides is 2. The lowest BCUT2D eigenvalue weighted by molar-refractivity contribution is 0.233. The fourth-order valence-electron chi connectivity index (χ4n) is 0.895. The third-order valence-electron chi connectivity index (χ3n) is 1.46. The Morgan fingerprint density at radius 3 is 2.57 bits per heavy atom. The molecule has 14 heavy (non-hydrogen) atoms. The molecular formula is C7H15Cl2N2O2P. The highest BCUT2D eigenvalue weighted by atomic mass is 35.5. The lowest BCUT2D eigenvalue weighted by Gasteiger charge is -2.33. The van der Waals surface area contributed by atoms with Gasteiger partial charge in [-0.3, -0.25) is 4.57 Å². The Bertz CT molecular complexity index is 432. The van der Waals surface area contributed by atoms with Crippen molar-refractivity contribution >= 4 is 30.9 Å². The van der Waals surface area contributed by atoms with Gasteiger partial charge in [-0.05, 0) is 6.42 Å². The van der Waals surface area contributed by atoms with Crippen LogP contribution in [0.4, 0.5) is 0 Å². The molecule has 0 amide bonds. The Morgan fingerprint density at radius 1 is 1.50 bits per heavy atom. The maximum Gasteiger partial charge on any atom is 0.343 e. The lowest BCUT2D eigenvalue weighted by atomic mass is 10.5. The molecule has 1 atom stereocenters. The van der Waals surface area contributed by atoms with Crippen LogP contribution in [0.5, 0.6) is 0 Å². The second kappa shape index (κ2) is 6.31. The molecule has 0 aromatic carbocycles. The molecule has 1 aliphatic heterocycles. The maximum atomic E-state index is 12.8. The molecule has 1 heterocycles. The van der Waals surface area contributed by atoms with Gasteiger partial charge in [0.2, 0.25) is 0 Å². The highest BCUT2D eigenvalue weighted by molar-refractivity contribution is 7.54. The molecule has 0 spiro atoms. The number of nitrogens with one attached hydrogen (secondary N) is 1. The number of hydrogen-bond donors (Lipinski definition) is 1. The largest absolute Gasteiger partial charge is 0.343 e. The highest BCUT2D eigenvalue weighted by Gasteiger charge is 2.32. The van der Waals surface area contributed by atoms with Crippen LogP contribution in [0.15, 0.2) is 0 Å². The molecule has 84 valence electrons. The summed E-state index contributed by atoms with van der Waals surface area (Å²) in [5, 5.41) is 2.28. The minimum absolute atomic E-state index is 0.0799. The minimum Gasteiger partial charge on any atom is -0.306 e. The first-order valence-electron chi connectivity index (χ1n) is 7.76. The minimum atomic E-state index is -4.48. The molecule has 0 aromatic heterocycles. The Hall–Kier alpha value is 0.690. The van der Waals surface area contributed by atoms with E-state index in [4.69, 9.17) is 38.7 Å². The van der Waals surface area contributed by atoms with Gasteiger partial charge in [0.25, 0.3) is 0 Å². The fourth-order valence-corrected chi connectivity index (χ4v) is 2.71. The third kappa shape index (κ3) is 3.37. The Labute approximate surface area is 106 Å². The van der Waals surface area contributed by atoms with E-state index in [9.17, 15) is 4.57 Å². The summed E-state index contributed by atoms with van der Waals surface area (Å²) in [5.41, 5.74) is 0. The monoisotopic (exact) mass is 276 g/mol. The number of nitrogens with zero attached hydrogens (tertiary/aromatic N) is 1. The Kier molecular flexibility index (Phi) is 2.41. The second-order valence-corrected chi connectivity index (χ2v) is 4.73. The predicted octanol–water partition coefficient (Wildman–Crippen LogP) is 1.88. The molecule has 7 heteroatoms. The summed E-state index contributed by atoms with van der Waals surface area (Å²) in [6.07, 6.45) is 0.408. The van der Waals surface area contributed by atoms with Crippen LogP contribution in [-0.4, -0.2) is 42.5 Å². The van der Waals surface area contributed by atoms with Gasteiger partial charge in [-0.25, -0.2) is 9.76 Å². The number of halogens is 2. The zero-order chi connectivity index (χ0) is 17.6. The summed E-state index contributed by atoms with van der Waals surface area (Å²) in [6.45, 7) is -6.83. The van der Waals surface area contributed by atoms with Gasteiger partial charge in [0.15, 0.2) is 0 Å². The van der Waals surface area contributed by atoms with Crippen molar-refractivity contribution in [2.75, 3.05) is 37.8 Å². The summed E-state index contributed by atoms with van der Waals surface area (Å²) in [5.74, 6) is -6.41. The van der Waals surface area contributed by atoms with Gasteiger partial charge in [-0.15, -0.1) is 23.2 Å². The zero-order valence-electron chi connectivity index (χ0n) is 15.1. The van der Waals surface area contributed by atoms with Crippen LogP contribution in [0, 0.1) is 0 Å². The average molecular weight is 277 g/mol. The van der Waals surface area contributed by atoms with Crippen LogP contribution in [0.3, 0.4) is 0 Å². The average Bonchev–Trinajstić information content (AvgIpc) is 2.25. The number of hydrogen-bond acceptors (Lipinski definition) is 2. The van der Waals surface area contributed by atoms with E-state index in [1.807, 2.05) is 0 Å². The number of rotatable bonds is 5. The molecule has 1 N–H and O–H groups in total. The molecule has 1 rings (SSSR count). The first-order valence-corrected chi connectivity index (χ1v) is 6.09. The van der Waals surface area contributed by atoms with E-state index < -0.39 is 32.3 Å². The van der Waals surface area contributed by atoms with Crippen molar-refractivity contribution in [3.63, 3.8) is 0 Å². The molecule has 0 aliphatic carbocycles. The van der Waals surface area contributed by atoms with Crippen LogP contribution in [-0.2, 0) is 9.09 Å². The van der Waals surface area contributed by atoms with Crippen molar-refractivity contribution in [2.24, 2.45) is 0 Å². The SMILES string of the molecule is [3H]C([3H])(Cl)C([3H])([3H])N(C([3H])([3H])C([3H])([3H])Cl)P1(=O)NCCCO1. The van der Waals surface area contributed by atoms with E-state index in [0.29, 0.717) is 6.42 Å². The molecule has 0 saturated carbocycles. The van der Waals surface area contributed by atoms with Crippen molar-refractivity contribution in [2.45, 2.75) is 6.42 Å². The standard InChI is InChI=1S/C7H15Cl2N2O2P/c8-2-5-11(6-3-9)14(12)10-4-1-7-13-14/h1-7H2,(H,10,12)/i2T2,3T2,5T2,6T2. The van der Waals surface area contributed by atoms with Gasteiger partial charge in [0.1, 0.15) is 0 Å². The summed E-state index contributed by atoms with van der Waals surface area (Å²) in [6, 6.07) is 0. The zero-order valence-corrected chi connectivity index (χ0v) is 9.49. The van der Waals surface area contributed by atoms with Gasteiger partial charge in [0.05, 0.1) is 6.61 Å². The van der Waals surface area contributed by atoms with Crippen LogP contribution >= 0.6 is 30.9 Å². The van der Waals surface area contributed by atoms with Crippen LogP contribution in [0.1, 0.15) is 17.4 Å². The van der Waals surface area contributed by atoms with E-state index in [2.05, 4.69) is 5.09 Å². The Morgan fingerprint density at radius 2 is 2.14 bits per heavy atom. The van der Waals surface area contributed by atoms with Crippen LogP contribution in [0.2, 0.25) is 0 Å². The molecule has 0 aromatic rings. The maximum absolute atomic E-state index is 12.8. The fraction of sp³-hybridized carbons (Fsp3) is 1.00. The van der Waals surface area contributed by atoms with Crippen molar-refractivity contribution in [1.82, 2.24) is 9.76 Å². The lowest BCUT2D eigenvalue weighted by Crippen LogP contribution is -2.35. The molecule has 1 fully saturated rings. The topological polar surface area (TPSA) is 41.6 Å². The summed E-state index contributed by atoms with van der Waals surface area (Å²) < 4.78 is 77.9. The predicted molar refractivity (Wildman–Crippen MR) is 59.2 cm³/mol. The molecule has 1 unspecified atom stereocenters. The van der Waals surface area contributed by atoms with Crippen molar-refractivity contribution < 1.29 is 20.1 Å². The van der Waals surface area contributed by atoms with Crippen LogP contribution in [0.25, 0.3) is 0 Å². The molecule has 0 bridgehead atoms. The van der Waals surface area contributed by atoms with Gasteiger partial charge >= 0.3 is 7.67 Å². The summed E-state index contributed by atoms with van der Waals surface area (Å²) in [4.78, 5) is 0. The van der Waals surface area contributed by atoms with Crippen LogP contribution < -0.4 is 5.09 Å². The third-order valence-corrected chi connectivity index (χ3v) is 3.51. The van der Waals surface area contributed by atoms with Crippen molar-refractivity contribution in [3.05, 3.63) is 0 Å². The van der Waals surface area contributed by atoms with E-state index in [0.717, 1.165) is 0 Å². The van der Waals surface area contributed by atoms with Crippen molar-refractivity contribution in [3.8, 4) is 0 Å². The highest BCUT2D eigenvalue weighted by Crippen LogP contribution is 2.47. The quantitative estimate of drug-likeness (QED) is 0.615. The molecule has 1 saturated heterocycles. The van der Waals surface area contributed by atoms with Gasteiger partial charge in [0, 0.05) is 42.2 Å². The van der Waals surface area contributed by atoms with E-state index in [-0.39, 0.29) is 17.8 Å². The molecule has 4 nitrogen and oxygen atoms in total. The first kappa shape index (κ1) is 5.35. The first-order chi connectivity index (χ1) is 9.57. The normalized spacial score (nSPS) is 40.8. The van der Waals surface area contributed by atoms with Gasteiger partial charge < -0.3 is 4.52 Å². The van der Waals surface area contributed by atoms with E-state index in [1.54, 1.807) is 0 Å². The van der Waals surface area contributed by atoms with E-state index in [1.165, 1.54) is 0 Å². The van der Waals surface area contributed by atoms with Gasteiger partial charge in [-0.1, -0.05) is 0 Å². The summed E-state index contributed by atoms with van der Waals surface area (Å²) >= 11 is 10.7. The van der Waals surface area contributed by atoms with Gasteiger partial charge in [-0.2, -0.15) is 0 Å². The second-order valence-electron chi connectivity index (χ2n) is 2.34. The Balaban J connectivity index is 3.50. The molecular weight excluding hydrogens is 246 g/mol. The molecule has 0 radical (unpaired) electrons. The van der Waals surface area contributed by atoms with Crippen molar-refractivity contribution in [1.29, 1.82) is 0 Å². The summed E-state index contributed by atoms with van der Waals surface area (Å²) in [7, 11) is -4.48. The smallest absolute Gasteiger partial charge is 0.306 e. The van der Waals surface area contributed by atoms with E-state index >= 15 is 0 Å².